The number of ketones is 1. The first-order valence-corrected chi connectivity index (χ1v) is 9.74. The summed E-state index contributed by atoms with van der Waals surface area (Å²) in [5.41, 5.74) is 3.64. The van der Waals surface area contributed by atoms with Gasteiger partial charge in [0.1, 0.15) is 5.75 Å². The summed E-state index contributed by atoms with van der Waals surface area (Å²) in [6, 6.07) is 34.9. The molecule has 0 spiro atoms. The van der Waals surface area contributed by atoms with Crippen molar-refractivity contribution < 1.29 is 9.53 Å². The predicted molar refractivity (Wildman–Crippen MR) is 122 cm³/mol. The lowest BCUT2D eigenvalue weighted by Gasteiger charge is -2.10. The van der Waals surface area contributed by atoms with Crippen molar-refractivity contribution in [2.45, 2.75) is 0 Å². The highest BCUT2D eigenvalue weighted by Crippen LogP contribution is 2.29. The third-order valence-corrected chi connectivity index (χ3v) is 4.61. The highest BCUT2D eigenvalue weighted by molar-refractivity contribution is 6.04. The molecule has 0 fully saturated rings. The first kappa shape index (κ1) is 19.2. The van der Waals surface area contributed by atoms with Crippen LogP contribution in [-0.4, -0.2) is 5.78 Å². The Balaban J connectivity index is 1.42. The number of rotatable bonds is 7. The van der Waals surface area contributed by atoms with Crippen molar-refractivity contribution in [1.29, 1.82) is 0 Å². The number of ether oxygens (including phenoxy) is 1. The van der Waals surface area contributed by atoms with Crippen molar-refractivity contribution in [1.82, 2.24) is 0 Å². The van der Waals surface area contributed by atoms with Crippen LogP contribution in [0.1, 0.15) is 10.4 Å². The molecule has 4 aromatic rings. The molecule has 0 bridgehead atoms. The van der Waals surface area contributed by atoms with E-state index in [1.54, 1.807) is 6.20 Å². The molecule has 0 amide bonds. The summed E-state index contributed by atoms with van der Waals surface area (Å²) in [6.07, 6.45) is 3.16. The topological polar surface area (TPSA) is 38.3 Å². The van der Waals surface area contributed by atoms with Gasteiger partial charge in [-0.25, -0.2) is 0 Å². The van der Waals surface area contributed by atoms with Crippen LogP contribution in [0.5, 0.6) is 11.5 Å². The highest BCUT2D eigenvalue weighted by atomic mass is 16.5. The number of hydrogen-bond acceptors (Lipinski definition) is 3. The van der Waals surface area contributed by atoms with Gasteiger partial charge in [-0.2, -0.15) is 0 Å². The Labute approximate surface area is 176 Å². The third kappa shape index (κ3) is 4.83. The second-order valence-corrected chi connectivity index (χ2v) is 6.70. The number of benzene rings is 4. The van der Waals surface area contributed by atoms with Crippen LogP contribution in [0.25, 0.3) is 11.1 Å². The molecule has 0 saturated heterocycles. The molecule has 0 aromatic heterocycles. The average Bonchev–Trinajstić information content (AvgIpc) is 2.81. The van der Waals surface area contributed by atoms with Gasteiger partial charge in [0.25, 0.3) is 0 Å². The van der Waals surface area contributed by atoms with Crippen LogP contribution in [0.4, 0.5) is 5.69 Å². The lowest BCUT2D eigenvalue weighted by Crippen LogP contribution is -1.97. The molecule has 0 aliphatic rings. The minimum atomic E-state index is -0.0661. The summed E-state index contributed by atoms with van der Waals surface area (Å²) >= 11 is 0. The summed E-state index contributed by atoms with van der Waals surface area (Å²) in [5, 5.41) is 3.15. The first-order valence-electron chi connectivity index (χ1n) is 9.74. The van der Waals surface area contributed by atoms with E-state index in [0.717, 1.165) is 22.6 Å². The number of anilines is 1. The summed E-state index contributed by atoms with van der Waals surface area (Å²) in [7, 11) is 0. The van der Waals surface area contributed by atoms with E-state index in [1.165, 1.54) is 6.08 Å². The lowest BCUT2D eigenvalue weighted by atomic mass is 10.0. The normalized spacial score (nSPS) is 10.7. The SMILES string of the molecule is O=C(/C=C/Nc1ccccc1Oc1ccccc1)c1ccc(-c2ccccc2)cc1. The fraction of sp³-hybridized carbons (Fsp3) is 0. The van der Waals surface area contributed by atoms with Gasteiger partial charge in [0, 0.05) is 17.8 Å². The average molecular weight is 391 g/mol. The third-order valence-electron chi connectivity index (χ3n) is 4.61. The van der Waals surface area contributed by atoms with Crippen LogP contribution in [0.15, 0.2) is 121 Å². The Morgan fingerprint density at radius 2 is 1.27 bits per heavy atom. The molecule has 1 N–H and O–H groups in total. The summed E-state index contributed by atoms with van der Waals surface area (Å²) in [4.78, 5) is 12.5. The Morgan fingerprint density at radius 1 is 0.667 bits per heavy atom. The minimum absolute atomic E-state index is 0.0661. The molecule has 30 heavy (non-hydrogen) atoms. The number of carbonyl (C=O) groups is 1. The molecule has 4 aromatic carbocycles. The molecule has 3 nitrogen and oxygen atoms in total. The van der Waals surface area contributed by atoms with Gasteiger partial charge in [-0.05, 0) is 35.4 Å². The molecule has 0 radical (unpaired) electrons. The van der Waals surface area contributed by atoms with Gasteiger partial charge in [-0.1, -0.05) is 84.9 Å². The zero-order valence-electron chi connectivity index (χ0n) is 16.4. The van der Waals surface area contributed by atoms with E-state index in [4.69, 9.17) is 4.74 Å². The zero-order valence-corrected chi connectivity index (χ0v) is 16.4. The van der Waals surface area contributed by atoms with Crippen LogP contribution in [-0.2, 0) is 0 Å². The van der Waals surface area contributed by atoms with Gasteiger partial charge in [0.15, 0.2) is 11.5 Å². The van der Waals surface area contributed by atoms with Crippen molar-refractivity contribution >= 4 is 11.5 Å². The van der Waals surface area contributed by atoms with Gasteiger partial charge in [0.2, 0.25) is 0 Å². The molecule has 3 heteroatoms. The Kier molecular flexibility index (Phi) is 6.02. The van der Waals surface area contributed by atoms with E-state index in [9.17, 15) is 4.79 Å². The monoisotopic (exact) mass is 391 g/mol. The molecule has 0 unspecified atom stereocenters. The molecule has 4 rings (SSSR count). The van der Waals surface area contributed by atoms with Crippen molar-refractivity contribution in [3.8, 4) is 22.6 Å². The maximum absolute atomic E-state index is 12.5. The van der Waals surface area contributed by atoms with Crippen molar-refractivity contribution in [2.24, 2.45) is 0 Å². The van der Waals surface area contributed by atoms with E-state index < -0.39 is 0 Å². The van der Waals surface area contributed by atoms with Crippen molar-refractivity contribution in [3.63, 3.8) is 0 Å². The van der Waals surface area contributed by atoms with Gasteiger partial charge in [-0.15, -0.1) is 0 Å². The fourth-order valence-electron chi connectivity index (χ4n) is 3.05. The molecular formula is C27H21NO2. The van der Waals surface area contributed by atoms with E-state index in [1.807, 2.05) is 97.1 Å². The Morgan fingerprint density at radius 3 is 2.00 bits per heavy atom. The molecule has 0 heterocycles. The van der Waals surface area contributed by atoms with E-state index in [2.05, 4.69) is 17.4 Å². The number of allylic oxidation sites excluding steroid dienone is 1. The standard InChI is InChI=1S/C27H21NO2/c29-26(23-17-15-22(16-18-23)21-9-3-1-4-10-21)19-20-28-25-13-7-8-14-27(25)30-24-11-5-2-6-12-24/h1-20,28H/b20-19+. The molecule has 0 atom stereocenters. The van der Waals surface area contributed by atoms with E-state index in [-0.39, 0.29) is 5.78 Å². The van der Waals surface area contributed by atoms with Crippen LogP contribution in [0.2, 0.25) is 0 Å². The quantitative estimate of drug-likeness (QED) is 0.273. The molecular weight excluding hydrogens is 370 g/mol. The summed E-state index contributed by atoms with van der Waals surface area (Å²) in [6.45, 7) is 0. The minimum Gasteiger partial charge on any atom is -0.455 e. The smallest absolute Gasteiger partial charge is 0.187 e. The van der Waals surface area contributed by atoms with Gasteiger partial charge < -0.3 is 10.1 Å². The van der Waals surface area contributed by atoms with Crippen LogP contribution in [0, 0.1) is 0 Å². The van der Waals surface area contributed by atoms with Crippen LogP contribution < -0.4 is 10.1 Å². The maximum atomic E-state index is 12.5. The molecule has 0 aliphatic heterocycles. The predicted octanol–water partition coefficient (Wildman–Crippen LogP) is 6.95. The van der Waals surface area contributed by atoms with Crippen molar-refractivity contribution in [2.75, 3.05) is 5.32 Å². The van der Waals surface area contributed by atoms with Crippen LogP contribution >= 0.6 is 0 Å². The number of carbonyl (C=O) groups excluding carboxylic acids is 1. The largest absolute Gasteiger partial charge is 0.455 e. The molecule has 146 valence electrons. The van der Waals surface area contributed by atoms with Gasteiger partial charge in [0.05, 0.1) is 5.69 Å². The Bertz CT molecular complexity index is 1130. The number of nitrogens with one attached hydrogen (secondary N) is 1. The van der Waals surface area contributed by atoms with Gasteiger partial charge >= 0.3 is 0 Å². The van der Waals surface area contributed by atoms with Crippen molar-refractivity contribution in [3.05, 3.63) is 127 Å². The highest BCUT2D eigenvalue weighted by Gasteiger charge is 2.05. The molecule has 0 saturated carbocycles. The number of para-hydroxylation sites is 3. The second-order valence-electron chi connectivity index (χ2n) is 6.70. The summed E-state index contributed by atoms with van der Waals surface area (Å²) < 4.78 is 5.93. The van der Waals surface area contributed by atoms with E-state index >= 15 is 0 Å². The van der Waals surface area contributed by atoms with E-state index in [0.29, 0.717) is 11.3 Å². The number of hydrogen-bond donors (Lipinski definition) is 1. The molecule has 0 aliphatic carbocycles. The van der Waals surface area contributed by atoms with Gasteiger partial charge in [-0.3, -0.25) is 4.79 Å². The zero-order chi connectivity index (χ0) is 20.6. The maximum Gasteiger partial charge on any atom is 0.187 e. The Hall–Kier alpha value is -4.11. The summed E-state index contributed by atoms with van der Waals surface area (Å²) in [5.74, 6) is 1.38. The second kappa shape index (κ2) is 9.39. The lowest BCUT2D eigenvalue weighted by molar-refractivity contribution is 0.104. The fourth-order valence-corrected chi connectivity index (χ4v) is 3.05. The van der Waals surface area contributed by atoms with Crippen LogP contribution in [0.3, 0.4) is 0 Å². The first-order chi connectivity index (χ1) is 14.8.